The van der Waals surface area contributed by atoms with E-state index >= 15 is 0 Å². The highest BCUT2D eigenvalue weighted by molar-refractivity contribution is 5.92. The number of likely N-dealkylation sites (tertiary alicyclic amines) is 1. The Morgan fingerprint density at radius 2 is 2.17 bits per heavy atom. The molecule has 1 aliphatic heterocycles. The molecule has 1 fully saturated rings. The van der Waals surface area contributed by atoms with Gasteiger partial charge in [-0.05, 0) is 36.4 Å². The van der Waals surface area contributed by atoms with Gasteiger partial charge in [0.05, 0.1) is 6.07 Å². The number of benzene rings is 1. The van der Waals surface area contributed by atoms with Gasteiger partial charge in [-0.1, -0.05) is 37.3 Å². The first kappa shape index (κ1) is 15.6. The van der Waals surface area contributed by atoms with E-state index in [1.165, 1.54) is 6.42 Å². The predicted octanol–water partition coefficient (Wildman–Crippen LogP) is 3.66. The third kappa shape index (κ3) is 3.73. The lowest BCUT2D eigenvalue weighted by Crippen LogP contribution is -2.43. The van der Waals surface area contributed by atoms with Crippen molar-refractivity contribution in [1.29, 1.82) is 0 Å². The lowest BCUT2D eigenvalue weighted by molar-refractivity contribution is 0.0565. The van der Waals surface area contributed by atoms with Gasteiger partial charge in [-0.25, -0.2) is 0 Å². The van der Waals surface area contributed by atoms with E-state index in [1.807, 2.05) is 35.2 Å². The third-order valence-corrected chi connectivity index (χ3v) is 4.29. The topological polar surface area (TPSA) is 55.6 Å². The molecule has 1 unspecified atom stereocenters. The molecular formula is C18H22N2O3. The van der Waals surface area contributed by atoms with E-state index in [0.717, 1.165) is 31.4 Å². The van der Waals surface area contributed by atoms with E-state index in [4.69, 9.17) is 9.26 Å². The lowest BCUT2D eigenvalue weighted by atomic mass is 10.00. The normalized spacial score (nSPS) is 18.0. The minimum Gasteiger partial charge on any atom is -0.471 e. The van der Waals surface area contributed by atoms with E-state index in [1.54, 1.807) is 6.07 Å². The smallest absolute Gasteiger partial charge is 0.292 e. The second kappa shape index (κ2) is 7.31. The molecule has 1 atom stereocenters. The van der Waals surface area contributed by atoms with Crippen molar-refractivity contribution in [2.75, 3.05) is 6.54 Å². The summed E-state index contributed by atoms with van der Waals surface area (Å²) in [6, 6.07) is 11.7. The Morgan fingerprint density at radius 1 is 1.35 bits per heavy atom. The summed E-state index contributed by atoms with van der Waals surface area (Å²) in [6.45, 7) is 3.31. The third-order valence-electron chi connectivity index (χ3n) is 4.29. The van der Waals surface area contributed by atoms with Crippen LogP contribution in [0.25, 0.3) is 0 Å². The zero-order valence-corrected chi connectivity index (χ0v) is 13.4. The SMILES string of the molecule is CCC1CCCCN1C(=O)c1cc(OCc2ccccc2)no1. The zero-order valence-electron chi connectivity index (χ0n) is 13.4. The Bertz CT molecular complexity index is 639. The van der Waals surface area contributed by atoms with Gasteiger partial charge in [0.2, 0.25) is 5.76 Å². The fraction of sp³-hybridized carbons (Fsp3) is 0.444. The second-order valence-electron chi connectivity index (χ2n) is 5.86. The average Bonchev–Trinajstić information content (AvgIpc) is 3.09. The number of piperidine rings is 1. The second-order valence-corrected chi connectivity index (χ2v) is 5.86. The molecule has 23 heavy (non-hydrogen) atoms. The van der Waals surface area contributed by atoms with E-state index < -0.39 is 0 Å². The molecular weight excluding hydrogens is 292 g/mol. The average molecular weight is 314 g/mol. The molecule has 2 aromatic rings. The standard InChI is InChI=1S/C18H22N2O3/c1-2-15-10-6-7-11-20(15)18(21)16-12-17(19-23-16)22-13-14-8-4-3-5-9-14/h3-5,8-9,12,15H,2,6-7,10-11,13H2,1H3. The van der Waals surface area contributed by atoms with Gasteiger partial charge in [0.15, 0.2) is 0 Å². The monoisotopic (exact) mass is 314 g/mol. The Morgan fingerprint density at radius 3 is 2.96 bits per heavy atom. The minimum atomic E-state index is -0.0846. The van der Waals surface area contributed by atoms with Crippen LogP contribution in [0.3, 0.4) is 0 Å². The van der Waals surface area contributed by atoms with Gasteiger partial charge in [0, 0.05) is 12.6 Å². The molecule has 1 amide bonds. The van der Waals surface area contributed by atoms with Crippen molar-refractivity contribution in [1.82, 2.24) is 10.1 Å². The minimum absolute atomic E-state index is 0.0846. The summed E-state index contributed by atoms with van der Waals surface area (Å²) in [7, 11) is 0. The number of aromatic nitrogens is 1. The molecule has 0 N–H and O–H groups in total. The van der Waals surface area contributed by atoms with E-state index in [2.05, 4.69) is 12.1 Å². The summed E-state index contributed by atoms with van der Waals surface area (Å²) in [5.74, 6) is 0.522. The number of amides is 1. The van der Waals surface area contributed by atoms with Crippen LogP contribution in [-0.4, -0.2) is 28.6 Å². The summed E-state index contributed by atoms with van der Waals surface area (Å²) < 4.78 is 10.8. The van der Waals surface area contributed by atoms with Crippen LogP contribution in [0.5, 0.6) is 5.88 Å². The molecule has 1 saturated heterocycles. The van der Waals surface area contributed by atoms with Gasteiger partial charge in [-0.3, -0.25) is 4.79 Å². The molecule has 0 bridgehead atoms. The maximum absolute atomic E-state index is 12.6. The summed E-state index contributed by atoms with van der Waals surface area (Å²) in [6.07, 6.45) is 4.27. The van der Waals surface area contributed by atoms with Crippen LogP contribution >= 0.6 is 0 Å². The van der Waals surface area contributed by atoms with E-state index in [9.17, 15) is 4.79 Å². The number of ether oxygens (including phenoxy) is 1. The van der Waals surface area contributed by atoms with Crippen LogP contribution in [0.4, 0.5) is 0 Å². The summed E-state index contributed by atoms with van der Waals surface area (Å²) >= 11 is 0. The molecule has 1 aliphatic rings. The van der Waals surface area contributed by atoms with Gasteiger partial charge in [-0.2, -0.15) is 0 Å². The largest absolute Gasteiger partial charge is 0.471 e. The Hall–Kier alpha value is -2.30. The van der Waals surface area contributed by atoms with Gasteiger partial charge in [-0.15, -0.1) is 0 Å². The molecule has 2 heterocycles. The Balaban J connectivity index is 1.63. The number of carbonyl (C=O) groups excluding carboxylic acids is 1. The number of hydrogen-bond acceptors (Lipinski definition) is 4. The molecule has 0 radical (unpaired) electrons. The van der Waals surface area contributed by atoms with Gasteiger partial charge in [0.1, 0.15) is 6.61 Å². The molecule has 0 aliphatic carbocycles. The van der Waals surface area contributed by atoms with Crippen molar-refractivity contribution in [3.05, 3.63) is 47.7 Å². The summed E-state index contributed by atoms with van der Waals surface area (Å²) in [4.78, 5) is 14.5. The van der Waals surface area contributed by atoms with Crippen LogP contribution in [0.15, 0.2) is 40.9 Å². The fourth-order valence-electron chi connectivity index (χ4n) is 2.99. The molecule has 3 rings (SSSR count). The van der Waals surface area contributed by atoms with Crippen LogP contribution in [0, 0.1) is 0 Å². The first-order chi connectivity index (χ1) is 11.3. The number of hydrogen-bond donors (Lipinski definition) is 0. The fourth-order valence-corrected chi connectivity index (χ4v) is 2.99. The maximum Gasteiger partial charge on any atom is 0.292 e. The first-order valence-electron chi connectivity index (χ1n) is 8.22. The molecule has 0 saturated carbocycles. The highest BCUT2D eigenvalue weighted by atomic mass is 16.5. The molecule has 0 spiro atoms. The van der Waals surface area contributed by atoms with Crippen molar-refractivity contribution in [2.24, 2.45) is 0 Å². The van der Waals surface area contributed by atoms with Gasteiger partial charge >= 0.3 is 0 Å². The molecule has 5 nitrogen and oxygen atoms in total. The Labute approximate surface area is 136 Å². The predicted molar refractivity (Wildman–Crippen MR) is 86.2 cm³/mol. The molecule has 122 valence electrons. The zero-order chi connectivity index (χ0) is 16.1. The number of carbonyl (C=O) groups is 1. The van der Waals surface area contributed by atoms with Crippen molar-refractivity contribution in [2.45, 2.75) is 45.3 Å². The van der Waals surface area contributed by atoms with Crippen LogP contribution in [0.1, 0.15) is 48.7 Å². The highest BCUT2D eigenvalue weighted by Crippen LogP contribution is 2.23. The molecule has 1 aromatic heterocycles. The van der Waals surface area contributed by atoms with Gasteiger partial charge in [0.25, 0.3) is 11.8 Å². The maximum atomic E-state index is 12.6. The highest BCUT2D eigenvalue weighted by Gasteiger charge is 2.28. The van der Waals surface area contributed by atoms with Crippen LogP contribution in [0.2, 0.25) is 0 Å². The lowest BCUT2D eigenvalue weighted by Gasteiger charge is -2.34. The first-order valence-corrected chi connectivity index (χ1v) is 8.22. The van der Waals surface area contributed by atoms with Crippen molar-refractivity contribution >= 4 is 5.91 Å². The summed E-state index contributed by atoms with van der Waals surface area (Å²) in [5, 5.41) is 3.85. The Kier molecular flexibility index (Phi) is 4.95. The summed E-state index contributed by atoms with van der Waals surface area (Å²) in [5.41, 5.74) is 1.05. The van der Waals surface area contributed by atoms with E-state index in [-0.39, 0.29) is 11.7 Å². The van der Waals surface area contributed by atoms with Crippen LogP contribution in [-0.2, 0) is 6.61 Å². The van der Waals surface area contributed by atoms with Crippen LogP contribution < -0.4 is 4.74 Å². The quantitative estimate of drug-likeness (QED) is 0.845. The van der Waals surface area contributed by atoms with Crippen molar-refractivity contribution < 1.29 is 14.1 Å². The van der Waals surface area contributed by atoms with Crippen molar-refractivity contribution in [3.63, 3.8) is 0 Å². The van der Waals surface area contributed by atoms with E-state index in [0.29, 0.717) is 18.5 Å². The number of rotatable bonds is 5. The molecule has 1 aromatic carbocycles. The van der Waals surface area contributed by atoms with Crippen molar-refractivity contribution in [3.8, 4) is 5.88 Å². The molecule has 5 heteroatoms. The number of nitrogens with zero attached hydrogens (tertiary/aromatic N) is 2. The van der Waals surface area contributed by atoms with Gasteiger partial charge < -0.3 is 14.2 Å².